The van der Waals surface area contributed by atoms with E-state index in [2.05, 4.69) is 36.6 Å². The van der Waals surface area contributed by atoms with Gasteiger partial charge in [0.1, 0.15) is 22.1 Å². The van der Waals surface area contributed by atoms with Crippen LogP contribution >= 0.6 is 11.3 Å². The summed E-state index contributed by atoms with van der Waals surface area (Å²) in [6.45, 7) is 2.17. The summed E-state index contributed by atoms with van der Waals surface area (Å²) in [5.41, 5.74) is 3.08. The minimum Gasteiger partial charge on any atom is -0.392 e. The molecule has 1 atom stereocenters. The zero-order chi connectivity index (χ0) is 27.1. The second-order valence-corrected chi connectivity index (χ2v) is 10.2. The first-order valence-corrected chi connectivity index (χ1v) is 13.0. The van der Waals surface area contributed by atoms with E-state index in [0.717, 1.165) is 58.0 Å². The van der Waals surface area contributed by atoms with Crippen molar-refractivity contribution in [3.05, 3.63) is 71.0 Å². The molecule has 1 aliphatic heterocycles. The summed E-state index contributed by atoms with van der Waals surface area (Å²) in [5.74, 6) is -0.508. The normalized spacial score (nSPS) is 16.3. The molecule has 1 unspecified atom stereocenters. The fourth-order valence-corrected chi connectivity index (χ4v) is 5.40. The van der Waals surface area contributed by atoms with Crippen molar-refractivity contribution >= 4 is 33.8 Å². The minimum atomic E-state index is -4.56. The summed E-state index contributed by atoms with van der Waals surface area (Å²) in [5, 5.41) is 27.9. The molecule has 0 saturated carbocycles. The number of nitrogens with one attached hydrogen (secondary N) is 3. The standard InChI is InChI=1S/C26H22F3N7O2S/c27-26(28,29)23-9-21(34-35-23)25-32-22(13-39-25)24(38)31-20-8-19-16(10-30-33-19)7-18(20)15-3-1-2-14(6-15)11-36-5-4-17(37)12-36/h1-3,6-10,13,17,37H,4-5,11-12H2,(H,30,33)(H,31,38)(H,34,35). The van der Waals surface area contributed by atoms with Gasteiger partial charge in [-0.3, -0.25) is 19.9 Å². The number of nitrogens with zero attached hydrogens (tertiary/aromatic N) is 4. The molecule has 0 spiro atoms. The third-order valence-corrected chi connectivity index (χ3v) is 7.42. The number of aliphatic hydroxyl groups is 1. The number of thiazole rings is 1. The lowest BCUT2D eigenvalue weighted by molar-refractivity contribution is -0.141. The first kappa shape index (κ1) is 25.2. The number of benzene rings is 2. The summed E-state index contributed by atoms with van der Waals surface area (Å²) in [6, 6.07) is 12.6. The average molecular weight is 554 g/mol. The van der Waals surface area contributed by atoms with Gasteiger partial charge in [0.15, 0.2) is 0 Å². The molecule has 1 aliphatic rings. The summed E-state index contributed by atoms with van der Waals surface area (Å²) < 4.78 is 38.8. The molecular weight excluding hydrogens is 531 g/mol. The molecule has 1 saturated heterocycles. The Morgan fingerprint density at radius 1 is 1.21 bits per heavy atom. The fraction of sp³-hybridized carbons (Fsp3) is 0.231. The quantitative estimate of drug-likeness (QED) is 0.237. The second kappa shape index (κ2) is 9.91. The van der Waals surface area contributed by atoms with Crippen LogP contribution in [0.15, 0.2) is 54.0 Å². The Bertz CT molecular complexity index is 1660. The maximum atomic E-state index is 13.2. The molecule has 4 heterocycles. The van der Waals surface area contributed by atoms with E-state index < -0.39 is 17.8 Å². The van der Waals surface area contributed by atoms with Gasteiger partial charge in [-0.2, -0.15) is 23.4 Å². The first-order chi connectivity index (χ1) is 18.7. The number of hydrogen-bond donors (Lipinski definition) is 4. The molecule has 13 heteroatoms. The molecule has 0 bridgehead atoms. The molecule has 0 radical (unpaired) electrons. The summed E-state index contributed by atoms with van der Waals surface area (Å²) in [4.78, 5) is 19.6. The van der Waals surface area contributed by atoms with Crippen LogP contribution in [0.25, 0.3) is 32.7 Å². The third-order valence-electron chi connectivity index (χ3n) is 6.56. The number of carbonyl (C=O) groups is 1. The lowest BCUT2D eigenvalue weighted by Crippen LogP contribution is -2.21. The highest BCUT2D eigenvalue weighted by molar-refractivity contribution is 7.13. The Kier molecular flexibility index (Phi) is 6.41. The number of anilines is 1. The molecule has 1 amide bonds. The smallest absolute Gasteiger partial charge is 0.392 e. The van der Waals surface area contributed by atoms with Crippen LogP contribution in [0.2, 0.25) is 0 Å². The van der Waals surface area contributed by atoms with Crippen molar-refractivity contribution in [1.29, 1.82) is 0 Å². The number of fused-ring (bicyclic) bond motifs is 1. The second-order valence-electron chi connectivity index (χ2n) is 9.39. The molecule has 6 rings (SSSR count). The van der Waals surface area contributed by atoms with Crippen molar-refractivity contribution in [3.8, 4) is 21.8 Å². The number of hydrogen-bond acceptors (Lipinski definition) is 7. The van der Waals surface area contributed by atoms with E-state index in [4.69, 9.17) is 0 Å². The number of aromatic nitrogens is 5. The number of β-amino-alcohol motifs (C(OH)–C–C–N with tert-alkyl or cyclic N) is 1. The maximum Gasteiger partial charge on any atom is 0.432 e. The lowest BCUT2D eigenvalue weighted by Gasteiger charge is -2.16. The van der Waals surface area contributed by atoms with Crippen LogP contribution in [-0.2, 0) is 12.7 Å². The number of H-pyrrole nitrogens is 2. The van der Waals surface area contributed by atoms with Crippen molar-refractivity contribution in [3.63, 3.8) is 0 Å². The van der Waals surface area contributed by atoms with Crippen LogP contribution in [0.5, 0.6) is 0 Å². The Morgan fingerprint density at radius 3 is 2.85 bits per heavy atom. The summed E-state index contributed by atoms with van der Waals surface area (Å²) in [6.07, 6.45) is -2.40. The van der Waals surface area contributed by atoms with Gasteiger partial charge in [-0.1, -0.05) is 18.2 Å². The highest BCUT2D eigenvalue weighted by Crippen LogP contribution is 2.34. The fourth-order valence-electron chi connectivity index (χ4n) is 4.64. The van der Waals surface area contributed by atoms with Crippen molar-refractivity contribution in [2.24, 2.45) is 0 Å². The maximum absolute atomic E-state index is 13.2. The van der Waals surface area contributed by atoms with E-state index in [1.165, 1.54) is 5.38 Å². The van der Waals surface area contributed by atoms with Gasteiger partial charge in [-0.15, -0.1) is 11.3 Å². The van der Waals surface area contributed by atoms with E-state index in [9.17, 15) is 23.1 Å². The minimum absolute atomic E-state index is 0.00767. The molecule has 39 heavy (non-hydrogen) atoms. The highest BCUT2D eigenvalue weighted by atomic mass is 32.1. The van der Waals surface area contributed by atoms with Gasteiger partial charge in [0, 0.05) is 36.0 Å². The van der Waals surface area contributed by atoms with Gasteiger partial charge in [-0.05, 0) is 41.8 Å². The van der Waals surface area contributed by atoms with E-state index in [0.29, 0.717) is 18.8 Å². The SMILES string of the molecule is O=C(Nc1cc2[nH]ncc2cc1-c1cccc(CN2CCC(O)C2)c1)c1csc(-c2cc(C(F)(F)F)[nH]n2)n1. The molecule has 200 valence electrons. The highest BCUT2D eigenvalue weighted by Gasteiger charge is 2.33. The van der Waals surface area contributed by atoms with Crippen LogP contribution in [0.4, 0.5) is 18.9 Å². The zero-order valence-electron chi connectivity index (χ0n) is 20.3. The van der Waals surface area contributed by atoms with E-state index in [1.807, 2.05) is 29.4 Å². The number of aliphatic hydroxyl groups excluding tert-OH is 1. The van der Waals surface area contributed by atoms with Gasteiger partial charge in [0.05, 0.1) is 23.5 Å². The van der Waals surface area contributed by atoms with E-state index >= 15 is 0 Å². The number of likely N-dealkylation sites (tertiary alicyclic amines) is 1. The molecular formula is C26H22F3N7O2S. The van der Waals surface area contributed by atoms with Crippen LogP contribution < -0.4 is 5.32 Å². The molecule has 5 aromatic rings. The predicted octanol–water partition coefficient (Wildman–Crippen LogP) is 4.91. The predicted molar refractivity (Wildman–Crippen MR) is 140 cm³/mol. The number of halogens is 3. The Balaban J connectivity index is 1.28. The number of carbonyl (C=O) groups excluding carboxylic acids is 1. The zero-order valence-corrected chi connectivity index (χ0v) is 21.1. The summed E-state index contributed by atoms with van der Waals surface area (Å²) >= 11 is 1.03. The van der Waals surface area contributed by atoms with Gasteiger partial charge in [0.2, 0.25) is 0 Å². The number of rotatable bonds is 6. The first-order valence-electron chi connectivity index (χ1n) is 12.1. The number of aromatic amines is 2. The van der Waals surface area contributed by atoms with Crippen molar-refractivity contribution in [2.75, 3.05) is 18.4 Å². The Morgan fingerprint density at radius 2 is 2.08 bits per heavy atom. The summed E-state index contributed by atoms with van der Waals surface area (Å²) in [7, 11) is 0. The van der Waals surface area contributed by atoms with Crippen LogP contribution in [-0.4, -0.2) is 60.5 Å². The molecule has 1 fully saturated rings. The molecule has 9 nitrogen and oxygen atoms in total. The molecule has 4 N–H and O–H groups in total. The largest absolute Gasteiger partial charge is 0.432 e. The third kappa shape index (κ3) is 5.28. The van der Waals surface area contributed by atoms with Crippen LogP contribution in [0.1, 0.15) is 28.2 Å². The van der Waals surface area contributed by atoms with E-state index in [-0.39, 0.29) is 22.5 Å². The Hall–Kier alpha value is -4.07. The molecule has 3 aromatic heterocycles. The van der Waals surface area contributed by atoms with Crippen molar-refractivity contribution < 1.29 is 23.1 Å². The van der Waals surface area contributed by atoms with Crippen molar-refractivity contribution in [2.45, 2.75) is 25.2 Å². The van der Waals surface area contributed by atoms with Gasteiger partial charge in [-0.25, -0.2) is 4.98 Å². The van der Waals surface area contributed by atoms with Gasteiger partial charge < -0.3 is 10.4 Å². The van der Waals surface area contributed by atoms with Gasteiger partial charge in [0.25, 0.3) is 5.91 Å². The van der Waals surface area contributed by atoms with Crippen molar-refractivity contribution in [1.82, 2.24) is 30.3 Å². The van der Waals surface area contributed by atoms with Crippen LogP contribution in [0.3, 0.4) is 0 Å². The monoisotopic (exact) mass is 553 g/mol. The topological polar surface area (TPSA) is 123 Å². The number of amides is 1. The Labute approximate surface area is 223 Å². The van der Waals surface area contributed by atoms with Crippen LogP contribution in [0, 0.1) is 0 Å². The van der Waals surface area contributed by atoms with E-state index in [1.54, 1.807) is 12.3 Å². The average Bonchev–Trinajstić information content (AvgIpc) is 3.70. The van der Waals surface area contributed by atoms with Gasteiger partial charge >= 0.3 is 6.18 Å². The number of alkyl halides is 3. The lowest BCUT2D eigenvalue weighted by atomic mass is 9.99. The molecule has 2 aromatic carbocycles. The molecule has 0 aliphatic carbocycles.